The first-order valence-electron chi connectivity index (χ1n) is 6.85. The first kappa shape index (κ1) is 14.5. The number of nitrogens with one attached hydrogen (secondary N) is 1. The summed E-state index contributed by atoms with van der Waals surface area (Å²) in [5.74, 6) is 0.895. The quantitative estimate of drug-likeness (QED) is 0.903. The Balaban J connectivity index is 2.00. The zero-order chi connectivity index (χ0) is 13.8. The van der Waals surface area contributed by atoms with Crippen LogP contribution in [0.5, 0.6) is 0 Å². The highest BCUT2D eigenvalue weighted by Crippen LogP contribution is 2.20. The minimum atomic E-state index is 0.119. The number of carbonyl (C=O) groups excluding carboxylic acids is 1. The maximum Gasteiger partial charge on any atom is 0.226 e. The molecule has 3 nitrogen and oxygen atoms in total. The number of hydrogen-bond donors (Lipinski definition) is 1. The molecule has 1 fully saturated rings. The van der Waals surface area contributed by atoms with Crippen LogP contribution in [0.4, 0.5) is 0 Å². The molecule has 19 heavy (non-hydrogen) atoms. The molecule has 1 aliphatic heterocycles. The monoisotopic (exact) mass is 324 g/mol. The van der Waals surface area contributed by atoms with Crippen LogP contribution < -0.4 is 5.32 Å². The van der Waals surface area contributed by atoms with E-state index in [9.17, 15) is 4.79 Å². The summed E-state index contributed by atoms with van der Waals surface area (Å²) in [7, 11) is 0. The van der Waals surface area contributed by atoms with Crippen LogP contribution in [0.25, 0.3) is 0 Å². The fraction of sp³-hybridized carbons (Fsp3) is 0.533. The zero-order valence-corrected chi connectivity index (χ0v) is 13.1. The maximum absolute atomic E-state index is 12.5. The van der Waals surface area contributed by atoms with E-state index in [1.807, 2.05) is 24.0 Å². The Morgan fingerprint density at radius 3 is 2.79 bits per heavy atom. The van der Waals surface area contributed by atoms with Crippen molar-refractivity contribution in [2.24, 2.45) is 11.8 Å². The number of rotatable bonds is 5. The van der Waals surface area contributed by atoms with Gasteiger partial charge >= 0.3 is 0 Å². The second kappa shape index (κ2) is 6.53. The van der Waals surface area contributed by atoms with Crippen molar-refractivity contribution in [1.82, 2.24) is 10.2 Å². The van der Waals surface area contributed by atoms with Crippen LogP contribution in [0.3, 0.4) is 0 Å². The van der Waals surface area contributed by atoms with E-state index in [1.165, 1.54) is 5.56 Å². The highest BCUT2D eigenvalue weighted by atomic mass is 79.9. The van der Waals surface area contributed by atoms with Crippen LogP contribution in [0, 0.1) is 11.8 Å². The Morgan fingerprint density at radius 2 is 2.26 bits per heavy atom. The second-order valence-corrected chi connectivity index (χ2v) is 6.11. The van der Waals surface area contributed by atoms with Crippen LogP contribution in [0.1, 0.15) is 19.4 Å². The molecule has 1 N–H and O–H groups in total. The predicted octanol–water partition coefficient (Wildman–Crippen LogP) is 2.65. The third-order valence-corrected chi connectivity index (χ3v) is 4.36. The molecule has 1 aromatic rings. The highest BCUT2D eigenvalue weighted by molar-refractivity contribution is 9.10. The van der Waals surface area contributed by atoms with E-state index in [0.717, 1.165) is 24.1 Å². The minimum Gasteiger partial charge on any atom is -0.338 e. The summed E-state index contributed by atoms with van der Waals surface area (Å²) in [5, 5.41) is 3.23. The summed E-state index contributed by atoms with van der Waals surface area (Å²) in [6.07, 6.45) is 0. The molecule has 1 saturated heterocycles. The summed E-state index contributed by atoms with van der Waals surface area (Å²) in [6.45, 7) is 7.50. The van der Waals surface area contributed by atoms with Crippen molar-refractivity contribution >= 4 is 21.8 Å². The van der Waals surface area contributed by atoms with Gasteiger partial charge in [0.2, 0.25) is 5.91 Å². The van der Waals surface area contributed by atoms with Crippen LogP contribution in [0.15, 0.2) is 28.7 Å². The number of nitrogens with zero attached hydrogens (tertiary/aromatic N) is 1. The zero-order valence-electron chi connectivity index (χ0n) is 11.5. The van der Waals surface area contributed by atoms with Gasteiger partial charge in [0, 0.05) is 23.5 Å². The van der Waals surface area contributed by atoms with Crippen LogP contribution >= 0.6 is 15.9 Å². The lowest BCUT2D eigenvalue weighted by atomic mass is 9.88. The van der Waals surface area contributed by atoms with Gasteiger partial charge in [0.1, 0.15) is 0 Å². The van der Waals surface area contributed by atoms with Crippen molar-refractivity contribution in [3.63, 3.8) is 0 Å². The smallest absolute Gasteiger partial charge is 0.226 e. The molecule has 0 radical (unpaired) electrons. The Bertz CT molecular complexity index is 446. The normalized spacial score (nSPS) is 16.8. The Kier molecular flexibility index (Phi) is 4.99. The summed E-state index contributed by atoms with van der Waals surface area (Å²) in [5.41, 5.74) is 1.17. The lowest BCUT2D eigenvalue weighted by Crippen LogP contribution is -2.50. The van der Waals surface area contributed by atoms with E-state index < -0.39 is 0 Å². The van der Waals surface area contributed by atoms with Gasteiger partial charge in [0.05, 0.1) is 0 Å². The summed E-state index contributed by atoms with van der Waals surface area (Å²) in [4.78, 5) is 14.4. The molecular weight excluding hydrogens is 304 g/mol. The van der Waals surface area contributed by atoms with Crippen molar-refractivity contribution in [3.8, 4) is 0 Å². The molecule has 0 spiro atoms. The van der Waals surface area contributed by atoms with Crippen LogP contribution in [-0.4, -0.2) is 30.4 Å². The van der Waals surface area contributed by atoms with Crippen molar-refractivity contribution in [1.29, 1.82) is 0 Å². The molecule has 104 valence electrons. The van der Waals surface area contributed by atoms with Crippen molar-refractivity contribution in [2.45, 2.75) is 20.4 Å². The molecule has 1 amide bonds. The average Bonchev–Trinajstić information content (AvgIpc) is 2.33. The first-order valence-corrected chi connectivity index (χ1v) is 7.65. The van der Waals surface area contributed by atoms with Gasteiger partial charge in [0.25, 0.3) is 0 Å². The molecule has 1 aromatic carbocycles. The van der Waals surface area contributed by atoms with Crippen molar-refractivity contribution < 1.29 is 4.79 Å². The van der Waals surface area contributed by atoms with E-state index in [2.05, 4.69) is 40.3 Å². The fourth-order valence-electron chi connectivity index (χ4n) is 2.36. The largest absolute Gasteiger partial charge is 0.338 e. The van der Waals surface area contributed by atoms with E-state index >= 15 is 0 Å². The van der Waals surface area contributed by atoms with Crippen LogP contribution in [0.2, 0.25) is 0 Å². The topological polar surface area (TPSA) is 32.3 Å². The van der Waals surface area contributed by atoms with Gasteiger partial charge < -0.3 is 10.2 Å². The second-order valence-electron chi connectivity index (χ2n) is 5.19. The molecule has 4 heteroatoms. The molecule has 0 aromatic heterocycles. The van der Waals surface area contributed by atoms with Gasteiger partial charge in [-0.15, -0.1) is 0 Å². The SMILES string of the molecule is CCN(Cc1cccc(Br)c1)C(=O)C(C)C1CNC1. The third-order valence-electron chi connectivity index (χ3n) is 3.87. The third kappa shape index (κ3) is 3.57. The van der Waals surface area contributed by atoms with E-state index in [4.69, 9.17) is 0 Å². The summed E-state index contributed by atoms with van der Waals surface area (Å²) < 4.78 is 1.06. The Morgan fingerprint density at radius 1 is 1.53 bits per heavy atom. The number of benzene rings is 1. The molecule has 0 aliphatic carbocycles. The molecule has 2 rings (SSSR count). The number of hydrogen-bond acceptors (Lipinski definition) is 2. The first-order chi connectivity index (χ1) is 9.11. The number of halogens is 1. The fourth-order valence-corrected chi connectivity index (χ4v) is 2.80. The van der Waals surface area contributed by atoms with Gasteiger partial charge in [-0.1, -0.05) is 35.0 Å². The standard InChI is InChI=1S/C15H21BrN2O/c1-3-18(10-12-5-4-6-14(16)7-12)15(19)11(2)13-8-17-9-13/h4-7,11,13,17H,3,8-10H2,1-2H3. The van der Waals surface area contributed by atoms with Gasteiger partial charge in [-0.3, -0.25) is 4.79 Å². The lowest BCUT2D eigenvalue weighted by Gasteiger charge is -2.34. The highest BCUT2D eigenvalue weighted by Gasteiger charge is 2.31. The molecule has 1 unspecified atom stereocenters. The Labute approximate surface area is 123 Å². The van der Waals surface area contributed by atoms with Gasteiger partial charge in [-0.05, 0) is 43.6 Å². The molecule has 0 saturated carbocycles. The van der Waals surface area contributed by atoms with E-state index in [1.54, 1.807) is 0 Å². The van der Waals surface area contributed by atoms with Gasteiger partial charge in [-0.25, -0.2) is 0 Å². The average molecular weight is 325 g/mol. The molecule has 1 atom stereocenters. The number of carbonyl (C=O) groups is 1. The van der Waals surface area contributed by atoms with Crippen molar-refractivity contribution in [3.05, 3.63) is 34.3 Å². The van der Waals surface area contributed by atoms with E-state index in [0.29, 0.717) is 12.5 Å². The molecule has 1 heterocycles. The minimum absolute atomic E-state index is 0.119. The molecule has 1 aliphatic rings. The number of amides is 1. The maximum atomic E-state index is 12.5. The van der Waals surface area contributed by atoms with Crippen molar-refractivity contribution in [2.75, 3.05) is 19.6 Å². The summed E-state index contributed by atoms with van der Waals surface area (Å²) >= 11 is 3.47. The molecular formula is C15H21BrN2O. The van der Waals surface area contributed by atoms with E-state index in [-0.39, 0.29) is 11.8 Å². The predicted molar refractivity (Wildman–Crippen MR) is 80.8 cm³/mol. The van der Waals surface area contributed by atoms with Gasteiger partial charge in [0.15, 0.2) is 0 Å². The van der Waals surface area contributed by atoms with Gasteiger partial charge in [-0.2, -0.15) is 0 Å². The van der Waals surface area contributed by atoms with Crippen LogP contribution in [-0.2, 0) is 11.3 Å². The summed E-state index contributed by atoms with van der Waals surface area (Å²) in [6, 6.07) is 8.16. The Hall–Kier alpha value is -0.870. The molecule has 0 bridgehead atoms. The lowest BCUT2D eigenvalue weighted by molar-refractivity contribution is -0.137.